The van der Waals surface area contributed by atoms with E-state index in [9.17, 15) is 4.79 Å². The molecule has 2 aromatic heterocycles. The third-order valence-electron chi connectivity index (χ3n) is 4.64. The molecule has 0 aliphatic heterocycles. The van der Waals surface area contributed by atoms with Crippen molar-refractivity contribution >= 4 is 28.9 Å². The van der Waals surface area contributed by atoms with E-state index in [1.54, 1.807) is 23.1 Å². The molecule has 0 bridgehead atoms. The molecule has 0 radical (unpaired) electrons. The van der Waals surface area contributed by atoms with Crippen LogP contribution in [0.5, 0.6) is 0 Å². The number of carbonyl (C=O) groups is 1. The Morgan fingerprint density at radius 3 is 2.45 bits per heavy atom. The number of benzene rings is 1. The smallest absolute Gasteiger partial charge is 0.248 e. The maximum Gasteiger partial charge on any atom is 0.248 e. The highest BCUT2D eigenvalue weighted by Gasteiger charge is 2.15. The molecule has 152 valence electrons. The molecule has 8 heteroatoms. The Balaban J connectivity index is 1.67. The van der Waals surface area contributed by atoms with Crippen molar-refractivity contribution in [3.8, 4) is 0 Å². The van der Waals surface area contributed by atoms with Crippen molar-refractivity contribution in [2.75, 3.05) is 28.6 Å². The number of hydrogen-bond acceptors (Lipinski definition) is 6. The van der Waals surface area contributed by atoms with Gasteiger partial charge in [-0.2, -0.15) is 5.10 Å². The van der Waals surface area contributed by atoms with E-state index in [-0.39, 0.29) is 11.9 Å². The predicted molar refractivity (Wildman–Crippen MR) is 116 cm³/mol. The number of nitrogens with zero attached hydrogens (tertiary/aromatic N) is 5. The first-order valence-corrected chi connectivity index (χ1v) is 9.77. The summed E-state index contributed by atoms with van der Waals surface area (Å²) in [5.41, 5.74) is 1.61. The van der Waals surface area contributed by atoms with E-state index in [0.717, 1.165) is 36.1 Å². The fraction of sp³-hybridized carbons (Fsp3) is 0.333. The van der Waals surface area contributed by atoms with Crippen molar-refractivity contribution in [3.63, 3.8) is 0 Å². The molecule has 0 saturated carbocycles. The number of aryl methyl sites for hydroxylation is 1. The second kappa shape index (κ2) is 9.18. The fourth-order valence-electron chi connectivity index (χ4n) is 2.99. The molecule has 0 saturated heterocycles. The summed E-state index contributed by atoms with van der Waals surface area (Å²) in [4.78, 5) is 23.5. The fourth-order valence-corrected chi connectivity index (χ4v) is 2.99. The van der Waals surface area contributed by atoms with Gasteiger partial charge in [-0.05, 0) is 58.0 Å². The van der Waals surface area contributed by atoms with Gasteiger partial charge >= 0.3 is 0 Å². The molecule has 29 heavy (non-hydrogen) atoms. The molecule has 1 aromatic carbocycles. The topological polar surface area (TPSA) is 88.0 Å². The van der Waals surface area contributed by atoms with Crippen LogP contribution >= 0.6 is 0 Å². The molecule has 0 fully saturated rings. The number of anilines is 4. The Bertz CT molecular complexity index is 934. The molecular weight excluding hydrogens is 366 g/mol. The highest BCUT2D eigenvalue weighted by Crippen LogP contribution is 2.21. The zero-order valence-electron chi connectivity index (χ0n) is 17.3. The van der Waals surface area contributed by atoms with E-state index in [4.69, 9.17) is 0 Å². The second-order valence-electron chi connectivity index (χ2n) is 6.68. The maximum atomic E-state index is 12.4. The van der Waals surface area contributed by atoms with Crippen LogP contribution in [0.25, 0.3) is 0 Å². The third-order valence-corrected chi connectivity index (χ3v) is 4.64. The summed E-state index contributed by atoms with van der Waals surface area (Å²) in [6, 6.07) is 10.9. The Kier molecular flexibility index (Phi) is 6.43. The number of aromatic nitrogens is 4. The van der Waals surface area contributed by atoms with Crippen LogP contribution in [0.1, 0.15) is 32.6 Å². The van der Waals surface area contributed by atoms with Crippen LogP contribution in [0.15, 0.2) is 48.8 Å². The molecule has 1 unspecified atom stereocenters. The van der Waals surface area contributed by atoms with Crippen LogP contribution in [-0.4, -0.2) is 38.7 Å². The average molecular weight is 393 g/mol. The van der Waals surface area contributed by atoms with E-state index < -0.39 is 0 Å². The SMILES string of the molecule is CCN(CC)c1cc(Nc2ccc(NC(=O)C(C)n3cccn3)cc2)nc(C)n1. The highest BCUT2D eigenvalue weighted by atomic mass is 16.2. The number of hydrogen-bond donors (Lipinski definition) is 2. The average Bonchev–Trinajstić information content (AvgIpc) is 3.24. The minimum atomic E-state index is -0.384. The Morgan fingerprint density at radius 1 is 1.14 bits per heavy atom. The first kappa shape index (κ1) is 20.3. The molecule has 1 amide bonds. The third kappa shape index (κ3) is 5.10. The summed E-state index contributed by atoms with van der Waals surface area (Å²) < 4.78 is 1.62. The monoisotopic (exact) mass is 393 g/mol. The number of carbonyl (C=O) groups excluding carboxylic acids is 1. The molecular formula is C21H27N7O. The normalized spacial score (nSPS) is 11.7. The van der Waals surface area contributed by atoms with Gasteiger partial charge in [0.2, 0.25) is 5.91 Å². The zero-order valence-corrected chi connectivity index (χ0v) is 17.3. The molecule has 1 atom stereocenters. The predicted octanol–water partition coefficient (Wildman–Crippen LogP) is 3.77. The molecule has 0 aliphatic rings. The van der Waals surface area contributed by atoms with E-state index in [1.165, 1.54) is 0 Å². The molecule has 2 heterocycles. The van der Waals surface area contributed by atoms with E-state index in [2.05, 4.69) is 44.4 Å². The van der Waals surface area contributed by atoms with Gasteiger partial charge in [0.1, 0.15) is 23.5 Å². The Hall–Kier alpha value is -3.42. The van der Waals surface area contributed by atoms with Gasteiger partial charge in [-0.1, -0.05) is 0 Å². The van der Waals surface area contributed by atoms with Crippen LogP contribution in [0, 0.1) is 6.92 Å². The maximum absolute atomic E-state index is 12.4. The summed E-state index contributed by atoms with van der Waals surface area (Å²) in [6.07, 6.45) is 3.43. The van der Waals surface area contributed by atoms with Crippen molar-refractivity contribution in [3.05, 3.63) is 54.6 Å². The summed E-state index contributed by atoms with van der Waals surface area (Å²) in [5.74, 6) is 2.24. The van der Waals surface area contributed by atoms with Crippen molar-refractivity contribution in [2.45, 2.75) is 33.7 Å². The quantitative estimate of drug-likeness (QED) is 0.606. The molecule has 8 nitrogen and oxygen atoms in total. The van der Waals surface area contributed by atoms with Gasteiger partial charge in [-0.15, -0.1) is 0 Å². The first-order chi connectivity index (χ1) is 14.0. The van der Waals surface area contributed by atoms with E-state index >= 15 is 0 Å². The van der Waals surface area contributed by atoms with E-state index in [0.29, 0.717) is 5.82 Å². The van der Waals surface area contributed by atoms with Gasteiger partial charge in [-0.3, -0.25) is 9.48 Å². The van der Waals surface area contributed by atoms with Gasteiger partial charge in [0.25, 0.3) is 0 Å². The van der Waals surface area contributed by atoms with Crippen LogP contribution < -0.4 is 15.5 Å². The van der Waals surface area contributed by atoms with Crippen LogP contribution in [0.4, 0.5) is 23.0 Å². The lowest BCUT2D eigenvalue weighted by Gasteiger charge is -2.20. The molecule has 3 aromatic rings. The summed E-state index contributed by atoms with van der Waals surface area (Å²) in [7, 11) is 0. The summed E-state index contributed by atoms with van der Waals surface area (Å²) in [5, 5.41) is 10.3. The minimum absolute atomic E-state index is 0.121. The Morgan fingerprint density at radius 2 is 1.83 bits per heavy atom. The van der Waals surface area contributed by atoms with Gasteiger partial charge in [0.15, 0.2) is 0 Å². The largest absolute Gasteiger partial charge is 0.357 e. The standard InChI is InChI=1S/C21H27N7O/c1-5-27(6-2)20-14-19(23-16(4)24-20)25-17-8-10-18(11-9-17)26-21(29)15(3)28-13-7-12-22-28/h7-15H,5-6H2,1-4H3,(H,26,29)(H,23,24,25). The van der Waals surface area contributed by atoms with Crippen molar-refractivity contribution in [1.29, 1.82) is 0 Å². The summed E-state index contributed by atoms with van der Waals surface area (Å²) >= 11 is 0. The van der Waals surface area contributed by atoms with Gasteiger partial charge in [0.05, 0.1) is 0 Å². The van der Waals surface area contributed by atoms with Crippen molar-refractivity contribution in [2.24, 2.45) is 0 Å². The lowest BCUT2D eigenvalue weighted by Crippen LogP contribution is -2.24. The lowest BCUT2D eigenvalue weighted by atomic mass is 10.2. The number of nitrogens with one attached hydrogen (secondary N) is 2. The van der Waals surface area contributed by atoms with Crippen LogP contribution in [-0.2, 0) is 4.79 Å². The highest BCUT2D eigenvalue weighted by molar-refractivity contribution is 5.93. The zero-order chi connectivity index (χ0) is 20.8. The first-order valence-electron chi connectivity index (χ1n) is 9.77. The Labute approximate surface area is 171 Å². The van der Waals surface area contributed by atoms with Crippen LogP contribution in [0.2, 0.25) is 0 Å². The number of rotatable bonds is 8. The van der Waals surface area contributed by atoms with Gasteiger partial charge in [-0.25, -0.2) is 9.97 Å². The molecule has 0 aliphatic carbocycles. The van der Waals surface area contributed by atoms with Gasteiger partial charge < -0.3 is 15.5 Å². The number of amides is 1. The van der Waals surface area contributed by atoms with Crippen molar-refractivity contribution in [1.82, 2.24) is 19.7 Å². The molecule has 2 N–H and O–H groups in total. The van der Waals surface area contributed by atoms with Gasteiger partial charge in [0, 0.05) is 42.9 Å². The minimum Gasteiger partial charge on any atom is -0.357 e. The van der Waals surface area contributed by atoms with Crippen LogP contribution in [0.3, 0.4) is 0 Å². The molecule has 3 rings (SSSR count). The van der Waals surface area contributed by atoms with Crippen molar-refractivity contribution < 1.29 is 4.79 Å². The summed E-state index contributed by atoms with van der Waals surface area (Å²) in [6.45, 7) is 9.68. The molecule has 0 spiro atoms. The van der Waals surface area contributed by atoms with E-state index in [1.807, 2.05) is 44.2 Å². The second-order valence-corrected chi connectivity index (χ2v) is 6.68. The lowest BCUT2D eigenvalue weighted by molar-refractivity contribution is -0.119.